The van der Waals surface area contributed by atoms with Crippen molar-refractivity contribution < 1.29 is 13.6 Å². The Bertz CT molecular complexity index is 1150. The molecule has 1 aromatic carbocycles. The average Bonchev–Trinajstić information content (AvgIpc) is 3.50. The number of hydrogen-bond donors (Lipinski definition) is 2. The molecule has 5 rings (SSSR count). The first-order chi connectivity index (χ1) is 14.3. The summed E-state index contributed by atoms with van der Waals surface area (Å²) in [7, 11) is 0. The molecule has 30 heavy (non-hydrogen) atoms. The number of carbonyl (C=O) groups excluding carboxylic acids is 1. The molecule has 2 aromatic heterocycles. The fraction of sp³-hybridized carbons (Fsp3) is 0.348. The van der Waals surface area contributed by atoms with E-state index in [9.17, 15) is 18.4 Å². The van der Waals surface area contributed by atoms with Crippen molar-refractivity contribution in [2.24, 2.45) is 17.6 Å². The first-order valence-corrected chi connectivity index (χ1v) is 10.1. The third kappa shape index (κ3) is 3.97. The van der Waals surface area contributed by atoms with Gasteiger partial charge in [0.05, 0.1) is 10.9 Å². The molecule has 0 bridgehead atoms. The summed E-state index contributed by atoms with van der Waals surface area (Å²) in [6, 6.07) is 7.47. The summed E-state index contributed by atoms with van der Waals surface area (Å²) >= 11 is 0. The van der Waals surface area contributed by atoms with Crippen molar-refractivity contribution in [3.8, 4) is 0 Å². The van der Waals surface area contributed by atoms with Crippen molar-refractivity contribution in [2.75, 3.05) is 0 Å². The minimum absolute atomic E-state index is 0.0474. The number of hydrogen-bond acceptors (Lipinski definition) is 3. The van der Waals surface area contributed by atoms with Crippen LogP contribution in [0.15, 0.2) is 41.3 Å². The largest absolute Gasteiger partial charge is 0.364 e. The number of amides is 1. The highest BCUT2D eigenvalue weighted by molar-refractivity contribution is 6.03. The van der Waals surface area contributed by atoms with Crippen LogP contribution < -0.4 is 11.2 Å². The molecule has 5 nitrogen and oxygen atoms in total. The Morgan fingerprint density at radius 3 is 2.63 bits per heavy atom. The van der Waals surface area contributed by atoms with E-state index in [1.165, 1.54) is 44.5 Å². The van der Waals surface area contributed by atoms with Crippen LogP contribution in [0.4, 0.5) is 8.78 Å². The predicted molar refractivity (Wildman–Crippen MR) is 110 cm³/mol. The second kappa shape index (κ2) is 7.97. The molecule has 2 heterocycles. The smallest absolute Gasteiger partial charge is 0.268 e. The summed E-state index contributed by atoms with van der Waals surface area (Å²) in [4.78, 5) is 31.1. The van der Waals surface area contributed by atoms with E-state index in [2.05, 4.69) is 9.97 Å². The summed E-state index contributed by atoms with van der Waals surface area (Å²) in [5, 5.41) is 0.300. The van der Waals surface area contributed by atoms with Crippen LogP contribution in [-0.4, -0.2) is 15.9 Å². The van der Waals surface area contributed by atoms with Crippen molar-refractivity contribution in [1.29, 1.82) is 0 Å². The molecule has 2 unspecified atom stereocenters. The quantitative estimate of drug-likeness (QED) is 0.662. The summed E-state index contributed by atoms with van der Waals surface area (Å²) in [5.74, 6) is 0.00143. The third-order valence-electron chi connectivity index (χ3n) is 6.12. The van der Waals surface area contributed by atoms with Crippen molar-refractivity contribution in [3.63, 3.8) is 0 Å². The molecule has 0 radical (unpaired) electrons. The number of nitrogens with two attached hydrogens (primary N) is 1. The Kier molecular flexibility index (Phi) is 5.37. The molecule has 2 saturated carbocycles. The van der Waals surface area contributed by atoms with Crippen molar-refractivity contribution in [1.82, 2.24) is 9.97 Å². The SMILES string of the molecule is Cc1cccc(F)c1F.NC(=O)c1nccc2[nH]c(C3CC[C@@H]4CC4C3)cc(=O)c12. The number of aromatic amines is 1. The molecule has 0 aliphatic heterocycles. The zero-order chi connectivity index (χ0) is 21.4. The van der Waals surface area contributed by atoms with E-state index >= 15 is 0 Å². The molecule has 2 aliphatic carbocycles. The number of H-pyrrole nitrogens is 1. The molecule has 3 aromatic rings. The summed E-state index contributed by atoms with van der Waals surface area (Å²) in [5.41, 5.74) is 7.16. The predicted octanol–water partition coefficient (Wildman–Crippen LogP) is 4.20. The van der Waals surface area contributed by atoms with Gasteiger partial charge in [-0.1, -0.05) is 12.1 Å². The number of benzene rings is 1. The first-order valence-electron chi connectivity index (χ1n) is 10.1. The van der Waals surface area contributed by atoms with Gasteiger partial charge in [-0.2, -0.15) is 0 Å². The third-order valence-corrected chi connectivity index (χ3v) is 6.12. The lowest BCUT2D eigenvalue weighted by molar-refractivity contribution is 0.0997. The highest BCUT2D eigenvalue weighted by Crippen LogP contribution is 2.53. The van der Waals surface area contributed by atoms with Crippen LogP contribution >= 0.6 is 0 Å². The van der Waals surface area contributed by atoms with E-state index in [0.717, 1.165) is 30.0 Å². The molecule has 0 spiro atoms. The van der Waals surface area contributed by atoms with Crippen LogP contribution in [0.25, 0.3) is 10.9 Å². The Labute approximate surface area is 172 Å². The molecule has 7 heteroatoms. The van der Waals surface area contributed by atoms with Gasteiger partial charge in [0.25, 0.3) is 5.91 Å². The molecule has 3 N–H and O–H groups in total. The lowest BCUT2D eigenvalue weighted by Gasteiger charge is -2.21. The number of nitrogens with zero attached hydrogens (tertiary/aromatic N) is 1. The minimum atomic E-state index is -0.782. The monoisotopic (exact) mass is 411 g/mol. The summed E-state index contributed by atoms with van der Waals surface area (Å²) in [6.07, 6.45) is 6.43. The van der Waals surface area contributed by atoms with E-state index in [1.807, 2.05) is 0 Å². The Hall–Kier alpha value is -3.09. The average molecular weight is 411 g/mol. The Morgan fingerprint density at radius 1 is 1.17 bits per heavy atom. The number of aryl methyl sites for hydroxylation is 1. The molecule has 2 aliphatic rings. The standard InChI is InChI=1S/C16H17N3O2.C7H6F2/c17-16(21)15-14-11(3-4-18-15)19-12(7-13(14)20)9-2-1-8-5-10(8)6-9;1-5-3-2-4-6(8)7(5)9/h3-4,7-10H,1-2,5-6H2,(H2,17,21)(H,19,20);2-4H,1H3/t8-,9?,10?;/m1./s1. The minimum Gasteiger partial charge on any atom is -0.364 e. The van der Waals surface area contributed by atoms with Crippen molar-refractivity contribution >= 4 is 16.8 Å². The van der Waals surface area contributed by atoms with Crippen molar-refractivity contribution in [3.05, 3.63) is 75.3 Å². The molecule has 3 atom stereocenters. The second-order valence-electron chi connectivity index (χ2n) is 8.17. The van der Waals surface area contributed by atoms with E-state index in [0.29, 0.717) is 22.4 Å². The van der Waals surface area contributed by atoms with Crippen LogP contribution in [0, 0.1) is 30.4 Å². The zero-order valence-electron chi connectivity index (χ0n) is 16.6. The van der Waals surface area contributed by atoms with Gasteiger partial charge in [-0.25, -0.2) is 8.78 Å². The molecular weight excluding hydrogens is 388 g/mol. The number of primary amides is 1. The van der Waals surface area contributed by atoms with E-state index in [4.69, 9.17) is 5.73 Å². The van der Waals surface area contributed by atoms with Gasteiger partial charge in [0.2, 0.25) is 0 Å². The van der Waals surface area contributed by atoms with Crippen LogP contribution in [0.1, 0.15) is 53.3 Å². The highest BCUT2D eigenvalue weighted by atomic mass is 19.2. The van der Waals surface area contributed by atoms with Crippen LogP contribution in [0.2, 0.25) is 0 Å². The highest BCUT2D eigenvalue weighted by Gasteiger charge is 2.42. The Morgan fingerprint density at radius 2 is 1.97 bits per heavy atom. The zero-order valence-corrected chi connectivity index (χ0v) is 16.6. The summed E-state index contributed by atoms with van der Waals surface area (Å²) in [6.45, 7) is 1.53. The lowest BCUT2D eigenvalue weighted by Crippen LogP contribution is -2.19. The molecule has 1 amide bonds. The van der Waals surface area contributed by atoms with Gasteiger partial charge in [-0.05, 0) is 68.1 Å². The maximum atomic E-state index is 12.4. The number of aromatic nitrogens is 2. The van der Waals surface area contributed by atoms with E-state index in [1.54, 1.807) is 12.1 Å². The Balaban J connectivity index is 0.000000204. The molecule has 0 saturated heterocycles. The number of carbonyl (C=O) groups is 1. The number of rotatable bonds is 2. The molecular formula is C23H23F2N3O2. The molecule has 156 valence electrons. The van der Waals surface area contributed by atoms with Crippen LogP contribution in [-0.2, 0) is 0 Å². The lowest BCUT2D eigenvalue weighted by atomic mass is 9.86. The fourth-order valence-electron chi connectivity index (χ4n) is 4.37. The van der Waals surface area contributed by atoms with Gasteiger partial charge >= 0.3 is 0 Å². The van der Waals surface area contributed by atoms with Gasteiger partial charge in [-0.3, -0.25) is 14.6 Å². The van der Waals surface area contributed by atoms with Crippen LogP contribution in [0.5, 0.6) is 0 Å². The van der Waals surface area contributed by atoms with Gasteiger partial charge in [0.1, 0.15) is 5.69 Å². The van der Waals surface area contributed by atoms with Crippen molar-refractivity contribution in [2.45, 2.75) is 38.5 Å². The fourth-order valence-corrected chi connectivity index (χ4v) is 4.37. The second-order valence-corrected chi connectivity index (χ2v) is 8.17. The van der Waals surface area contributed by atoms with Gasteiger partial charge in [-0.15, -0.1) is 0 Å². The summed E-state index contributed by atoms with van der Waals surface area (Å²) < 4.78 is 24.6. The number of fused-ring (bicyclic) bond motifs is 2. The topological polar surface area (TPSA) is 88.8 Å². The van der Waals surface area contributed by atoms with E-state index in [-0.39, 0.29) is 11.1 Å². The van der Waals surface area contributed by atoms with E-state index < -0.39 is 17.5 Å². The van der Waals surface area contributed by atoms with Gasteiger partial charge < -0.3 is 10.7 Å². The normalized spacial score (nSPS) is 22.0. The number of nitrogens with one attached hydrogen (secondary N) is 1. The first kappa shape index (κ1) is 20.2. The molecule has 2 fully saturated rings. The maximum Gasteiger partial charge on any atom is 0.268 e. The van der Waals surface area contributed by atoms with Gasteiger partial charge in [0.15, 0.2) is 17.1 Å². The maximum absolute atomic E-state index is 12.4. The number of halogens is 2. The number of pyridine rings is 2. The van der Waals surface area contributed by atoms with Gasteiger partial charge in [0, 0.05) is 18.0 Å². The van der Waals surface area contributed by atoms with Crippen LogP contribution in [0.3, 0.4) is 0 Å².